The van der Waals surface area contributed by atoms with Gasteiger partial charge >= 0.3 is 5.97 Å². The lowest BCUT2D eigenvalue weighted by Gasteiger charge is -2.24. The largest absolute Gasteiger partial charge is 0.462 e. The second-order valence-electron chi connectivity index (χ2n) is 15.1. The van der Waals surface area contributed by atoms with Crippen LogP contribution in [0, 0.1) is 0 Å². The van der Waals surface area contributed by atoms with E-state index in [2.05, 4.69) is 26.1 Å². The fraction of sp³-hybridized carbons (Fsp3) is 0.953. The van der Waals surface area contributed by atoms with Crippen molar-refractivity contribution in [1.29, 1.82) is 0 Å². The molecule has 0 aliphatic rings. The molecular formula is C43H85NO5. The van der Waals surface area contributed by atoms with Crippen molar-refractivity contribution < 1.29 is 24.5 Å². The van der Waals surface area contributed by atoms with E-state index in [1.54, 1.807) is 0 Å². The highest BCUT2D eigenvalue weighted by Crippen LogP contribution is 2.18. The van der Waals surface area contributed by atoms with Crippen LogP contribution in [0.5, 0.6) is 0 Å². The molecular weight excluding hydrogens is 610 g/mol. The maximum absolute atomic E-state index is 13.0. The van der Waals surface area contributed by atoms with Crippen LogP contribution >= 0.6 is 0 Å². The van der Waals surface area contributed by atoms with Crippen LogP contribution in [0.4, 0.5) is 0 Å². The average Bonchev–Trinajstić information content (AvgIpc) is 3.09. The number of aliphatic hydroxyl groups excluding tert-OH is 2. The quantitative estimate of drug-likeness (QED) is 0.0439. The van der Waals surface area contributed by atoms with Crippen molar-refractivity contribution >= 4 is 11.9 Å². The lowest BCUT2D eigenvalue weighted by atomic mass is 10.0. The van der Waals surface area contributed by atoms with Crippen LogP contribution in [-0.2, 0) is 14.3 Å². The van der Waals surface area contributed by atoms with E-state index in [4.69, 9.17) is 4.74 Å². The number of rotatable bonds is 39. The molecule has 1 amide bonds. The predicted octanol–water partition coefficient (Wildman–Crippen LogP) is 12.1. The Labute approximate surface area is 305 Å². The van der Waals surface area contributed by atoms with E-state index in [1.807, 2.05) is 0 Å². The number of unbranched alkanes of at least 4 members (excludes halogenated alkanes) is 27. The first-order valence-electron chi connectivity index (χ1n) is 21.8. The van der Waals surface area contributed by atoms with Gasteiger partial charge in [-0.05, 0) is 25.7 Å². The highest BCUT2D eigenvalue weighted by atomic mass is 16.5. The molecule has 3 atom stereocenters. The van der Waals surface area contributed by atoms with Gasteiger partial charge in [-0.1, -0.05) is 201 Å². The lowest BCUT2D eigenvalue weighted by Crippen LogP contribution is -2.46. The van der Waals surface area contributed by atoms with Crippen LogP contribution in [-0.4, -0.2) is 46.9 Å². The van der Waals surface area contributed by atoms with E-state index in [0.717, 1.165) is 44.9 Å². The molecule has 0 fully saturated rings. The molecule has 0 aromatic carbocycles. The highest BCUT2D eigenvalue weighted by molar-refractivity contribution is 5.77. The van der Waals surface area contributed by atoms with Gasteiger partial charge in [-0.15, -0.1) is 0 Å². The number of hydrogen-bond donors (Lipinski definition) is 3. The van der Waals surface area contributed by atoms with Crippen LogP contribution in [0.15, 0.2) is 0 Å². The number of carbonyl (C=O) groups is 2. The van der Waals surface area contributed by atoms with Crippen molar-refractivity contribution in [2.45, 2.75) is 257 Å². The van der Waals surface area contributed by atoms with E-state index >= 15 is 0 Å². The van der Waals surface area contributed by atoms with Gasteiger partial charge in [0, 0.05) is 6.42 Å². The molecule has 0 bridgehead atoms. The zero-order valence-corrected chi connectivity index (χ0v) is 33.1. The summed E-state index contributed by atoms with van der Waals surface area (Å²) in [5.41, 5.74) is 0. The molecule has 3 unspecified atom stereocenters. The zero-order chi connectivity index (χ0) is 36.0. The Morgan fingerprint density at radius 3 is 1.24 bits per heavy atom. The summed E-state index contributed by atoms with van der Waals surface area (Å²) in [4.78, 5) is 25.8. The third kappa shape index (κ3) is 33.7. The van der Waals surface area contributed by atoms with E-state index in [1.165, 1.54) is 148 Å². The molecule has 6 nitrogen and oxygen atoms in total. The van der Waals surface area contributed by atoms with Gasteiger partial charge in [-0.2, -0.15) is 0 Å². The molecule has 0 heterocycles. The molecule has 0 spiro atoms. The lowest BCUT2D eigenvalue weighted by molar-refractivity contribution is -0.151. The molecule has 0 aromatic heterocycles. The summed E-state index contributed by atoms with van der Waals surface area (Å²) in [5.74, 6) is -0.467. The Balaban J connectivity index is 4.43. The standard InChI is InChI=1S/C43H85NO5/c1-4-7-10-13-16-18-20-22-23-26-29-32-35-41(46)40(38-45)44-42(47)37-39(34-31-28-25-15-12-9-6-3)49-43(48)36-33-30-27-24-21-19-17-14-11-8-5-2/h39-41,45-46H,4-38H2,1-3H3,(H,44,47). The number of nitrogens with one attached hydrogen (secondary N) is 1. The van der Waals surface area contributed by atoms with Crippen molar-refractivity contribution in [1.82, 2.24) is 5.32 Å². The van der Waals surface area contributed by atoms with Crippen molar-refractivity contribution in [2.24, 2.45) is 0 Å². The monoisotopic (exact) mass is 696 g/mol. The molecule has 0 radical (unpaired) electrons. The smallest absolute Gasteiger partial charge is 0.306 e. The molecule has 0 aliphatic heterocycles. The zero-order valence-electron chi connectivity index (χ0n) is 33.1. The summed E-state index contributed by atoms with van der Waals surface area (Å²) in [5, 5.41) is 23.5. The topological polar surface area (TPSA) is 95.9 Å². The first kappa shape index (κ1) is 47.9. The summed E-state index contributed by atoms with van der Waals surface area (Å²) in [7, 11) is 0. The van der Waals surface area contributed by atoms with Crippen molar-refractivity contribution in [3.63, 3.8) is 0 Å². The molecule has 49 heavy (non-hydrogen) atoms. The Bertz CT molecular complexity index is 702. The van der Waals surface area contributed by atoms with Crippen molar-refractivity contribution in [3.05, 3.63) is 0 Å². The summed E-state index contributed by atoms with van der Waals surface area (Å²) in [6.07, 6.45) is 37.4. The first-order valence-corrected chi connectivity index (χ1v) is 21.8. The van der Waals surface area contributed by atoms with Gasteiger partial charge in [0.05, 0.1) is 25.2 Å². The SMILES string of the molecule is CCCCCCCCCCCCCCC(O)C(CO)NC(=O)CC(CCCCCCCCC)OC(=O)CCCCCCCCCCCCC. The highest BCUT2D eigenvalue weighted by Gasteiger charge is 2.24. The molecule has 6 heteroatoms. The minimum Gasteiger partial charge on any atom is -0.462 e. The first-order chi connectivity index (χ1) is 24.0. The van der Waals surface area contributed by atoms with Crippen LogP contribution < -0.4 is 5.32 Å². The van der Waals surface area contributed by atoms with E-state index in [-0.39, 0.29) is 24.9 Å². The Morgan fingerprint density at radius 2 is 0.857 bits per heavy atom. The van der Waals surface area contributed by atoms with Gasteiger partial charge in [0.15, 0.2) is 0 Å². The number of esters is 1. The fourth-order valence-electron chi connectivity index (χ4n) is 6.84. The van der Waals surface area contributed by atoms with Gasteiger partial charge < -0.3 is 20.3 Å². The van der Waals surface area contributed by atoms with Crippen LogP contribution in [0.2, 0.25) is 0 Å². The van der Waals surface area contributed by atoms with Gasteiger partial charge in [0.25, 0.3) is 0 Å². The molecule has 0 saturated heterocycles. The maximum atomic E-state index is 13.0. The van der Waals surface area contributed by atoms with E-state index in [9.17, 15) is 19.8 Å². The summed E-state index contributed by atoms with van der Waals surface area (Å²) in [6, 6.07) is -0.688. The predicted molar refractivity (Wildman–Crippen MR) is 209 cm³/mol. The van der Waals surface area contributed by atoms with Gasteiger partial charge in [0.1, 0.15) is 6.10 Å². The van der Waals surface area contributed by atoms with Gasteiger partial charge in [-0.25, -0.2) is 0 Å². The summed E-state index contributed by atoms with van der Waals surface area (Å²) < 4.78 is 5.86. The van der Waals surface area contributed by atoms with Gasteiger partial charge in [0.2, 0.25) is 5.91 Å². The number of ether oxygens (including phenoxy) is 1. The Kier molecular flexibility index (Phi) is 37.2. The Morgan fingerprint density at radius 1 is 0.510 bits per heavy atom. The molecule has 0 aromatic rings. The normalized spacial score (nSPS) is 13.3. The third-order valence-corrected chi connectivity index (χ3v) is 10.2. The van der Waals surface area contributed by atoms with Crippen molar-refractivity contribution in [3.8, 4) is 0 Å². The molecule has 3 N–H and O–H groups in total. The minimum atomic E-state index is -0.776. The third-order valence-electron chi connectivity index (χ3n) is 10.2. The fourth-order valence-corrected chi connectivity index (χ4v) is 6.84. The number of amides is 1. The average molecular weight is 696 g/mol. The minimum absolute atomic E-state index is 0.0850. The number of carbonyl (C=O) groups excluding carboxylic acids is 2. The van der Waals surface area contributed by atoms with Crippen LogP contribution in [0.25, 0.3) is 0 Å². The number of hydrogen-bond acceptors (Lipinski definition) is 5. The summed E-state index contributed by atoms with van der Waals surface area (Å²) >= 11 is 0. The maximum Gasteiger partial charge on any atom is 0.306 e. The molecule has 292 valence electrons. The number of aliphatic hydroxyl groups is 2. The second-order valence-corrected chi connectivity index (χ2v) is 15.1. The molecule has 0 saturated carbocycles. The van der Waals surface area contributed by atoms with E-state index < -0.39 is 18.2 Å². The van der Waals surface area contributed by atoms with E-state index in [0.29, 0.717) is 19.3 Å². The summed E-state index contributed by atoms with van der Waals surface area (Å²) in [6.45, 7) is 6.44. The molecule has 0 rings (SSSR count). The Hall–Kier alpha value is -1.14. The van der Waals surface area contributed by atoms with Crippen LogP contribution in [0.3, 0.4) is 0 Å². The van der Waals surface area contributed by atoms with Crippen LogP contribution in [0.1, 0.15) is 239 Å². The molecule has 0 aliphatic carbocycles. The van der Waals surface area contributed by atoms with Gasteiger partial charge in [-0.3, -0.25) is 9.59 Å². The second kappa shape index (κ2) is 38.1. The van der Waals surface area contributed by atoms with Crippen molar-refractivity contribution in [2.75, 3.05) is 6.61 Å².